The van der Waals surface area contributed by atoms with Crippen LogP contribution in [-0.2, 0) is 4.79 Å². The first-order valence-corrected chi connectivity index (χ1v) is 6.33. The first-order valence-electron chi connectivity index (χ1n) is 6.33. The van der Waals surface area contributed by atoms with Crippen LogP contribution < -0.4 is 11.1 Å². The van der Waals surface area contributed by atoms with Crippen molar-refractivity contribution >= 4 is 5.91 Å². The van der Waals surface area contributed by atoms with Crippen LogP contribution in [-0.4, -0.2) is 42.5 Å². The second-order valence-corrected chi connectivity index (χ2v) is 4.82. The molecule has 1 saturated heterocycles. The van der Waals surface area contributed by atoms with E-state index in [-0.39, 0.29) is 17.9 Å². The molecule has 16 heavy (non-hydrogen) atoms. The fourth-order valence-electron chi connectivity index (χ4n) is 2.16. The lowest BCUT2D eigenvalue weighted by Gasteiger charge is -2.24. The predicted octanol–water partition coefficient (Wildman–Crippen LogP) is 0.570. The highest BCUT2D eigenvalue weighted by atomic mass is 16.1. The Kier molecular flexibility index (Phi) is 5.22. The first-order chi connectivity index (χ1) is 7.56. The Bertz CT molecular complexity index is 230. The molecule has 3 unspecified atom stereocenters. The van der Waals surface area contributed by atoms with Crippen LogP contribution in [0, 0.1) is 5.92 Å². The van der Waals surface area contributed by atoms with Crippen LogP contribution in [0.4, 0.5) is 0 Å². The fraction of sp³-hybridized carbons (Fsp3) is 0.917. The first kappa shape index (κ1) is 13.5. The van der Waals surface area contributed by atoms with Gasteiger partial charge in [-0.25, -0.2) is 0 Å². The smallest absolute Gasteiger partial charge is 0.224 e. The largest absolute Gasteiger partial charge is 0.354 e. The van der Waals surface area contributed by atoms with Crippen LogP contribution in [0.1, 0.15) is 33.6 Å². The van der Waals surface area contributed by atoms with E-state index in [2.05, 4.69) is 17.1 Å². The zero-order chi connectivity index (χ0) is 12.1. The molecule has 0 aromatic carbocycles. The van der Waals surface area contributed by atoms with E-state index in [1.807, 2.05) is 13.8 Å². The lowest BCUT2D eigenvalue weighted by atomic mass is 10.0. The zero-order valence-electron chi connectivity index (χ0n) is 10.7. The minimum atomic E-state index is -0.100. The lowest BCUT2D eigenvalue weighted by Crippen LogP contribution is -2.44. The van der Waals surface area contributed by atoms with E-state index in [0.717, 1.165) is 13.1 Å². The van der Waals surface area contributed by atoms with Gasteiger partial charge >= 0.3 is 0 Å². The van der Waals surface area contributed by atoms with Gasteiger partial charge in [0.15, 0.2) is 0 Å². The van der Waals surface area contributed by atoms with Gasteiger partial charge in [-0.2, -0.15) is 0 Å². The van der Waals surface area contributed by atoms with Crippen LogP contribution in [0.5, 0.6) is 0 Å². The average Bonchev–Trinajstić information content (AvgIpc) is 2.71. The number of amides is 1. The maximum atomic E-state index is 11.7. The van der Waals surface area contributed by atoms with Crippen LogP contribution in [0.15, 0.2) is 0 Å². The third-order valence-electron chi connectivity index (χ3n) is 3.62. The number of hydrogen-bond acceptors (Lipinski definition) is 3. The molecule has 0 aliphatic carbocycles. The maximum absolute atomic E-state index is 11.7. The minimum Gasteiger partial charge on any atom is -0.354 e. The molecule has 0 aromatic heterocycles. The summed E-state index contributed by atoms with van der Waals surface area (Å²) < 4.78 is 0. The summed E-state index contributed by atoms with van der Waals surface area (Å²) in [6.07, 6.45) is 2.44. The van der Waals surface area contributed by atoms with Gasteiger partial charge in [-0.3, -0.25) is 9.69 Å². The number of likely N-dealkylation sites (N-methyl/N-ethyl adjacent to an activating group) is 1. The normalized spacial score (nSPS) is 25.4. The van der Waals surface area contributed by atoms with Crippen molar-refractivity contribution in [2.24, 2.45) is 11.7 Å². The summed E-state index contributed by atoms with van der Waals surface area (Å²) >= 11 is 0. The molecule has 0 aromatic rings. The Hall–Kier alpha value is -0.610. The number of nitrogens with one attached hydrogen (secondary N) is 1. The van der Waals surface area contributed by atoms with Gasteiger partial charge in [-0.05, 0) is 32.9 Å². The van der Waals surface area contributed by atoms with Crippen LogP contribution in [0.3, 0.4) is 0 Å². The van der Waals surface area contributed by atoms with Crippen molar-refractivity contribution in [1.82, 2.24) is 10.2 Å². The predicted molar refractivity (Wildman–Crippen MR) is 66.1 cm³/mol. The summed E-state index contributed by atoms with van der Waals surface area (Å²) in [6.45, 7) is 8.93. The van der Waals surface area contributed by atoms with Crippen molar-refractivity contribution in [1.29, 1.82) is 0 Å². The average molecular weight is 227 g/mol. The molecule has 1 fully saturated rings. The van der Waals surface area contributed by atoms with Crippen molar-refractivity contribution in [2.45, 2.75) is 45.7 Å². The van der Waals surface area contributed by atoms with E-state index < -0.39 is 0 Å². The van der Waals surface area contributed by atoms with Gasteiger partial charge in [0, 0.05) is 24.5 Å². The molecule has 3 atom stereocenters. The quantitative estimate of drug-likeness (QED) is 0.722. The highest BCUT2D eigenvalue weighted by molar-refractivity contribution is 5.78. The Morgan fingerprint density at radius 1 is 1.56 bits per heavy atom. The summed E-state index contributed by atoms with van der Waals surface area (Å²) in [5.74, 6) is -0.0190. The SMILES string of the molecule is CCN1CCCC1CNC(=O)C(C)C(C)N. The van der Waals surface area contributed by atoms with Crippen molar-refractivity contribution in [3.05, 3.63) is 0 Å². The Morgan fingerprint density at radius 3 is 2.81 bits per heavy atom. The van der Waals surface area contributed by atoms with E-state index in [4.69, 9.17) is 5.73 Å². The van der Waals surface area contributed by atoms with E-state index in [0.29, 0.717) is 6.04 Å². The van der Waals surface area contributed by atoms with Crippen LogP contribution in [0.2, 0.25) is 0 Å². The Morgan fingerprint density at radius 2 is 2.25 bits per heavy atom. The number of likely N-dealkylation sites (tertiary alicyclic amines) is 1. The Balaban J connectivity index is 2.31. The highest BCUT2D eigenvalue weighted by Crippen LogP contribution is 2.15. The third kappa shape index (κ3) is 3.46. The van der Waals surface area contributed by atoms with Crippen molar-refractivity contribution < 1.29 is 4.79 Å². The second-order valence-electron chi connectivity index (χ2n) is 4.82. The molecular formula is C12H25N3O. The third-order valence-corrected chi connectivity index (χ3v) is 3.62. The molecule has 0 saturated carbocycles. The van der Waals surface area contributed by atoms with Crippen LogP contribution >= 0.6 is 0 Å². The maximum Gasteiger partial charge on any atom is 0.224 e. The molecule has 1 aliphatic heterocycles. The second kappa shape index (κ2) is 6.21. The van der Waals surface area contributed by atoms with Crippen LogP contribution in [0.25, 0.3) is 0 Å². The molecule has 1 rings (SSSR count). The van der Waals surface area contributed by atoms with Gasteiger partial charge in [-0.15, -0.1) is 0 Å². The van der Waals surface area contributed by atoms with E-state index in [1.165, 1.54) is 19.4 Å². The number of nitrogens with two attached hydrogens (primary N) is 1. The van der Waals surface area contributed by atoms with Crippen molar-refractivity contribution in [3.8, 4) is 0 Å². The standard InChI is InChI=1S/C12H25N3O/c1-4-15-7-5-6-11(15)8-14-12(16)9(2)10(3)13/h9-11H,4-8,13H2,1-3H3,(H,14,16). The molecule has 4 nitrogen and oxygen atoms in total. The van der Waals surface area contributed by atoms with Gasteiger partial charge in [0.05, 0.1) is 0 Å². The van der Waals surface area contributed by atoms with E-state index >= 15 is 0 Å². The molecular weight excluding hydrogens is 202 g/mol. The Labute approximate surface area is 98.6 Å². The van der Waals surface area contributed by atoms with Gasteiger partial charge in [0.25, 0.3) is 0 Å². The molecule has 1 amide bonds. The number of carbonyl (C=O) groups is 1. The molecule has 1 aliphatic rings. The van der Waals surface area contributed by atoms with Gasteiger partial charge in [-0.1, -0.05) is 13.8 Å². The van der Waals surface area contributed by atoms with Crippen molar-refractivity contribution in [3.63, 3.8) is 0 Å². The summed E-state index contributed by atoms with van der Waals surface area (Å²) in [6, 6.07) is 0.445. The fourth-order valence-corrected chi connectivity index (χ4v) is 2.16. The number of carbonyl (C=O) groups excluding carboxylic acids is 1. The summed E-state index contributed by atoms with van der Waals surface area (Å²) in [7, 11) is 0. The highest BCUT2D eigenvalue weighted by Gasteiger charge is 2.24. The van der Waals surface area contributed by atoms with E-state index in [1.54, 1.807) is 0 Å². The summed E-state index contributed by atoms with van der Waals surface area (Å²) in [4.78, 5) is 14.2. The molecule has 1 heterocycles. The molecule has 94 valence electrons. The summed E-state index contributed by atoms with van der Waals surface area (Å²) in [5, 5.41) is 3.01. The zero-order valence-corrected chi connectivity index (χ0v) is 10.7. The van der Waals surface area contributed by atoms with Crippen molar-refractivity contribution in [2.75, 3.05) is 19.6 Å². The molecule has 4 heteroatoms. The van der Waals surface area contributed by atoms with Gasteiger partial charge < -0.3 is 11.1 Å². The molecule has 3 N–H and O–H groups in total. The van der Waals surface area contributed by atoms with Gasteiger partial charge in [0.1, 0.15) is 0 Å². The lowest BCUT2D eigenvalue weighted by molar-refractivity contribution is -0.125. The topological polar surface area (TPSA) is 58.4 Å². The molecule has 0 spiro atoms. The number of hydrogen-bond donors (Lipinski definition) is 2. The number of nitrogens with zero attached hydrogens (tertiary/aromatic N) is 1. The monoisotopic (exact) mass is 227 g/mol. The number of rotatable bonds is 5. The molecule has 0 bridgehead atoms. The minimum absolute atomic E-state index is 0.0779. The van der Waals surface area contributed by atoms with Gasteiger partial charge in [0.2, 0.25) is 5.91 Å². The van der Waals surface area contributed by atoms with E-state index in [9.17, 15) is 4.79 Å². The summed E-state index contributed by atoms with van der Waals surface area (Å²) in [5.41, 5.74) is 5.70. The molecule has 0 radical (unpaired) electrons.